The third-order valence-electron chi connectivity index (χ3n) is 2.90. The molecule has 1 heterocycles. The molecule has 0 unspecified atom stereocenters. The number of phenols is 1. The summed E-state index contributed by atoms with van der Waals surface area (Å²) in [6.45, 7) is 0. The maximum Gasteiger partial charge on any atom is 0.198 e. The molecule has 1 aromatic heterocycles. The smallest absolute Gasteiger partial charge is 0.198 e. The third kappa shape index (κ3) is 1.29. The van der Waals surface area contributed by atoms with E-state index in [9.17, 15) is 14.7 Å². The van der Waals surface area contributed by atoms with Crippen molar-refractivity contribution < 1.29 is 14.7 Å². The van der Waals surface area contributed by atoms with Crippen molar-refractivity contribution in [1.82, 2.24) is 4.98 Å². The van der Waals surface area contributed by atoms with Gasteiger partial charge in [0.15, 0.2) is 11.6 Å². The number of carbonyl (C=O) groups is 2. The lowest BCUT2D eigenvalue weighted by atomic mass is 9.84. The molecule has 0 fully saturated rings. The predicted octanol–water partition coefficient (Wildman–Crippen LogP) is 2.22. The largest absolute Gasteiger partial charge is 0.507 e. The molecule has 0 aliphatic heterocycles. The maximum atomic E-state index is 12.2. The summed E-state index contributed by atoms with van der Waals surface area (Å²) in [5.41, 5.74) is 0.455. The number of rotatable bonds is 0. The Hall–Kier alpha value is -2.20. The minimum atomic E-state index is -0.415. The molecular formula is C13H6ClNO3. The van der Waals surface area contributed by atoms with Gasteiger partial charge in [-0.15, -0.1) is 0 Å². The van der Waals surface area contributed by atoms with E-state index >= 15 is 0 Å². The zero-order chi connectivity index (χ0) is 12.9. The monoisotopic (exact) mass is 259 g/mol. The lowest BCUT2D eigenvalue weighted by Crippen LogP contribution is -2.21. The summed E-state index contributed by atoms with van der Waals surface area (Å²) < 4.78 is 0. The van der Waals surface area contributed by atoms with Crippen LogP contribution in [0.4, 0.5) is 0 Å². The lowest BCUT2D eigenvalue weighted by Gasteiger charge is -2.18. The molecule has 5 heteroatoms. The summed E-state index contributed by atoms with van der Waals surface area (Å²) >= 11 is 5.94. The van der Waals surface area contributed by atoms with Crippen molar-refractivity contribution >= 4 is 23.2 Å². The summed E-state index contributed by atoms with van der Waals surface area (Å²) in [6, 6.07) is 4.15. The number of aromatic nitrogens is 1. The lowest BCUT2D eigenvalue weighted by molar-refractivity contribution is 0.0976. The highest BCUT2D eigenvalue weighted by Gasteiger charge is 2.33. The van der Waals surface area contributed by atoms with Crippen molar-refractivity contribution in [3.63, 3.8) is 0 Å². The van der Waals surface area contributed by atoms with Crippen molar-refractivity contribution in [3.05, 3.63) is 57.9 Å². The van der Waals surface area contributed by atoms with E-state index in [2.05, 4.69) is 4.98 Å². The van der Waals surface area contributed by atoms with Gasteiger partial charge >= 0.3 is 0 Å². The number of hydrogen-bond acceptors (Lipinski definition) is 4. The summed E-state index contributed by atoms with van der Waals surface area (Å²) in [5, 5.41) is 9.90. The van der Waals surface area contributed by atoms with Crippen LogP contribution < -0.4 is 0 Å². The topological polar surface area (TPSA) is 67.3 Å². The molecule has 1 aliphatic carbocycles. The highest BCUT2D eigenvalue weighted by molar-refractivity contribution is 6.39. The fourth-order valence-electron chi connectivity index (χ4n) is 2.06. The Morgan fingerprint density at radius 1 is 1.00 bits per heavy atom. The Bertz CT molecular complexity index is 649. The molecule has 0 saturated carbocycles. The van der Waals surface area contributed by atoms with Crippen LogP contribution in [-0.4, -0.2) is 21.7 Å². The van der Waals surface area contributed by atoms with E-state index in [1.807, 2.05) is 0 Å². The van der Waals surface area contributed by atoms with Crippen molar-refractivity contribution in [2.24, 2.45) is 0 Å². The molecule has 0 amide bonds. The van der Waals surface area contributed by atoms with Crippen LogP contribution in [0.25, 0.3) is 0 Å². The van der Waals surface area contributed by atoms with Crippen LogP contribution in [0.1, 0.15) is 31.8 Å². The van der Waals surface area contributed by atoms with Crippen LogP contribution in [0.2, 0.25) is 5.02 Å². The molecule has 1 aliphatic rings. The fraction of sp³-hybridized carbons (Fsp3) is 0. The molecule has 0 radical (unpaired) electrons. The van der Waals surface area contributed by atoms with Gasteiger partial charge in [0.1, 0.15) is 5.75 Å². The number of carbonyl (C=O) groups excluding carboxylic acids is 2. The summed E-state index contributed by atoms with van der Waals surface area (Å²) in [5.74, 6) is -1.05. The number of fused-ring (bicyclic) bond motifs is 2. The third-order valence-corrected chi connectivity index (χ3v) is 3.21. The molecule has 0 bridgehead atoms. The van der Waals surface area contributed by atoms with E-state index in [-0.39, 0.29) is 33.0 Å². The molecule has 2 aromatic rings. The Morgan fingerprint density at radius 3 is 2.50 bits per heavy atom. The van der Waals surface area contributed by atoms with Gasteiger partial charge in [0.25, 0.3) is 0 Å². The van der Waals surface area contributed by atoms with Crippen LogP contribution in [-0.2, 0) is 0 Å². The number of hydrogen-bond donors (Lipinski definition) is 1. The number of ketones is 2. The van der Waals surface area contributed by atoms with Gasteiger partial charge < -0.3 is 5.11 Å². The predicted molar refractivity (Wildman–Crippen MR) is 64.2 cm³/mol. The molecule has 0 saturated heterocycles. The van der Waals surface area contributed by atoms with E-state index in [1.54, 1.807) is 0 Å². The van der Waals surface area contributed by atoms with Gasteiger partial charge in [-0.1, -0.05) is 11.6 Å². The van der Waals surface area contributed by atoms with E-state index in [4.69, 9.17) is 11.6 Å². The van der Waals surface area contributed by atoms with Gasteiger partial charge in [-0.25, -0.2) is 0 Å². The first kappa shape index (κ1) is 10.9. The molecule has 0 atom stereocenters. The van der Waals surface area contributed by atoms with E-state index in [0.29, 0.717) is 0 Å². The SMILES string of the molecule is O=C1c2ccncc2C(=O)c2c(Cl)ccc(O)c21. The second-order valence-electron chi connectivity index (χ2n) is 3.90. The minimum absolute atomic E-state index is 0.0359. The first-order valence-corrected chi connectivity index (χ1v) is 5.54. The molecule has 88 valence electrons. The standard InChI is InChI=1S/C13H6ClNO3/c14-8-1-2-9(16)11-10(8)13(18)7-5-15-4-3-6(7)12(11)17/h1-5,16H. The van der Waals surface area contributed by atoms with Gasteiger partial charge in [-0.3, -0.25) is 14.6 Å². The Kier molecular flexibility index (Phi) is 2.21. The first-order chi connectivity index (χ1) is 8.61. The number of halogens is 1. The van der Waals surface area contributed by atoms with Gasteiger partial charge in [-0.2, -0.15) is 0 Å². The Labute approximate surface area is 107 Å². The number of benzene rings is 1. The zero-order valence-corrected chi connectivity index (χ0v) is 9.73. The van der Waals surface area contributed by atoms with Crippen LogP contribution in [0, 0.1) is 0 Å². The molecule has 4 nitrogen and oxygen atoms in total. The number of aromatic hydroxyl groups is 1. The minimum Gasteiger partial charge on any atom is -0.507 e. The van der Waals surface area contributed by atoms with Crippen molar-refractivity contribution in [2.45, 2.75) is 0 Å². The Morgan fingerprint density at radius 2 is 1.72 bits per heavy atom. The average molecular weight is 260 g/mol. The maximum absolute atomic E-state index is 12.2. The normalized spacial score (nSPS) is 13.2. The highest BCUT2D eigenvalue weighted by atomic mass is 35.5. The Balaban J connectivity index is 2.41. The van der Waals surface area contributed by atoms with Crippen molar-refractivity contribution in [2.75, 3.05) is 0 Å². The second kappa shape index (κ2) is 3.65. The van der Waals surface area contributed by atoms with E-state index in [0.717, 1.165) is 0 Å². The van der Waals surface area contributed by atoms with Gasteiger partial charge in [0.2, 0.25) is 0 Å². The number of pyridine rings is 1. The summed E-state index contributed by atoms with van der Waals surface area (Å²) in [7, 11) is 0. The quantitative estimate of drug-likeness (QED) is 0.672. The van der Waals surface area contributed by atoms with Crippen LogP contribution in [0.5, 0.6) is 5.75 Å². The van der Waals surface area contributed by atoms with Gasteiger partial charge in [-0.05, 0) is 18.2 Å². The van der Waals surface area contributed by atoms with Crippen molar-refractivity contribution in [1.29, 1.82) is 0 Å². The van der Waals surface area contributed by atoms with Crippen molar-refractivity contribution in [3.8, 4) is 5.75 Å². The fourth-order valence-corrected chi connectivity index (χ4v) is 2.30. The molecule has 3 rings (SSSR count). The van der Waals surface area contributed by atoms with E-state index in [1.165, 1.54) is 30.6 Å². The molecule has 1 N–H and O–H groups in total. The van der Waals surface area contributed by atoms with Crippen LogP contribution in [0.3, 0.4) is 0 Å². The molecule has 0 spiro atoms. The van der Waals surface area contributed by atoms with Gasteiger partial charge in [0, 0.05) is 18.0 Å². The van der Waals surface area contributed by atoms with E-state index < -0.39 is 11.6 Å². The molecule has 1 aromatic carbocycles. The summed E-state index contributed by atoms with van der Waals surface area (Å²) in [6.07, 6.45) is 2.76. The average Bonchev–Trinajstić information content (AvgIpc) is 2.38. The summed E-state index contributed by atoms with van der Waals surface area (Å²) in [4.78, 5) is 28.3. The van der Waals surface area contributed by atoms with Crippen LogP contribution >= 0.6 is 11.6 Å². The number of nitrogens with zero attached hydrogens (tertiary/aromatic N) is 1. The van der Waals surface area contributed by atoms with Crippen LogP contribution in [0.15, 0.2) is 30.6 Å². The molecular weight excluding hydrogens is 254 g/mol. The van der Waals surface area contributed by atoms with Gasteiger partial charge in [0.05, 0.1) is 21.7 Å². The highest BCUT2D eigenvalue weighted by Crippen LogP contribution is 2.36. The zero-order valence-electron chi connectivity index (χ0n) is 8.98. The second-order valence-corrected chi connectivity index (χ2v) is 4.30. The number of phenolic OH excluding ortho intramolecular Hbond substituents is 1. The first-order valence-electron chi connectivity index (χ1n) is 5.16. The molecule has 18 heavy (non-hydrogen) atoms.